The van der Waals surface area contributed by atoms with Gasteiger partial charge < -0.3 is 20.7 Å². The minimum Gasteiger partial charge on any atom is -0.368 e. The maximum atomic E-state index is 14.0. The van der Waals surface area contributed by atoms with E-state index in [2.05, 4.69) is 10.3 Å². The highest BCUT2D eigenvalue weighted by atomic mass is 35.5. The number of nitrogens with one attached hydrogen (secondary N) is 1. The molecule has 3 aliphatic heterocycles. The van der Waals surface area contributed by atoms with Crippen LogP contribution in [0.3, 0.4) is 0 Å². The number of fused-ring (bicyclic) bond motifs is 1. The van der Waals surface area contributed by atoms with Crippen LogP contribution in [0.15, 0.2) is 36.5 Å². The van der Waals surface area contributed by atoms with Crippen LogP contribution in [0.4, 0.5) is 14.6 Å². The van der Waals surface area contributed by atoms with Gasteiger partial charge in [0.1, 0.15) is 5.82 Å². The molecule has 0 saturated carbocycles. The fourth-order valence-corrected chi connectivity index (χ4v) is 5.25. The molecule has 2 bridgehead atoms. The van der Waals surface area contributed by atoms with Crippen LogP contribution in [0.5, 0.6) is 0 Å². The summed E-state index contributed by atoms with van der Waals surface area (Å²) >= 11 is 0. The van der Waals surface area contributed by atoms with Crippen molar-refractivity contribution in [2.75, 3.05) is 25.0 Å². The Morgan fingerprint density at radius 3 is 2.84 bits per heavy atom. The molecular formula is C22H23ClF2N4O3. The number of rotatable bonds is 5. The van der Waals surface area contributed by atoms with E-state index < -0.39 is 29.1 Å². The molecule has 4 heterocycles. The van der Waals surface area contributed by atoms with Crippen molar-refractivity contribution in [3.05, 3.63) is 48.2 Å². The second-order valence-electron chi connectivity index (χ2n) is 8.33. The van der Waals surface area contributed by atoms with Gasteiger partial charge >= 0.3 is 0 Å². The number of ether oxygens (including phenoxy) is 1. The van der Waals surface area contributed by atoms with Gasteiger partial charge in [0, 0.05) is 30.4 Å². The van der Waals surface area contributed by atoms with E-state index in [1.807, 2.05) is 0 Å². The maximum Gasteiger partial charge on any atom is 0.232 e. The van der Waals surface area contributed by atoms with Crippen molar-refractivity contribution in [1.29, 1.82) is 0 Å². The number of halogens is 3. The summed E-state index contributed by atoms with van der Waals surface area (Å²) < 4.78 is 33.6. The van der Waals surface area contributed by atoms with E-state index in [-0.39, 0.29) is 41.7 Å². The monoisotopic (exact) mass is 464 g/mol. The molecule has 5 rings (SSSR count). The second kappa shape index (κ2) is 8.38. The van der Waals surface area contributed by atoms with E-state index in [0.717, 1.165) is 18.9 Å². The highest BCUT2D eigenvalue weighted by Gasteiger charge is 2.68. The summed E-state index contributed by atoms with van der Waals surface area (Å²) in [7, 11) is 0. The van der Waals surface area contributed by atoms with Crippen LogP contribution < -0.4 is 11.1 Å². The van der Waals surface area contributed by atoms with Gasteiger partial charge in [-0.15, -0.1) is 12.4 Å². The van der Waals surface area contributed by atoms with E-state index in [9.17, 15) is 18.4 Å². The van der Waals surface area contributed by atoms with Crippen molar-refractivity contribution in [2.45, 2.75) is 24.5 Å². The zero-order valence-corrected chi connectivity index (χ0v) is 17.9. The molecule has 7 nitrogen and oxygen atoms in total. The number of likely N-dealkylation sites (tertiary alicyclic amines) is 1. The Morgan fingerprint density at radius 1 is 1.31 bits per heavy atom. The van der Waals surface area contributed by atoms with Gasteiger partial charge in [-0.1, -0.05) is 12.1 Å². The molecule has 0 aliphatic carbocycles. The first kappa shape index (κ1) is 22.6. The molecule has 3 aliphatic rings. The highest BCUT2D eigenvalue weighted by molar-refractivity contribution is 5.98. The zero-order chi connectivity index (χ0) is 21.8. The quantitative estimate of drug-likeness (QED) is 0.708. The lowest BCUT2D eigenvalue weighted by Crippen LogP contribution is -2.43. The molecule has 2 amide bonds. The molecule has 0 radical (unpaired) electrons. The Labute approximate surface area is 189 Å². The molecule has 3 N–H and O–H groups in total. The van der Waals surface area contributed by atoms with Crippen molar-refractivity contribution >= 4 is 30.0 Å². The van der Waals surface area contributed by atoms with Crippen LogP contribution in [0.2, 0.25) is 0 Å². The van der Waals surface area contributed by atoms with Gasteiger partial charge in [0.05, 0.1) is 30.1 Å². The van der Waals surface area contributed by atoms with Crippen molar-refractivity contribution < 1.29 is 23.1 Å². The fraction of sp³-hybridized carbons (Fsp3) is 0.409. The Kier molecular flexibility index (Phi) is 5.91. The average Bonchev–Trinajstić information content (AvgIpc) is 3.39. The van der Waals surface area contributed by atoms with Gasteiger partial charge in [-0.25, -0.2) is 13.8 Å². The first-order valence-electron chi connectivity index (χ1n) is 10.3. The summed E-state index contributed by atoms with van der Waals surface area (Å²) in [5.41, 5.74) is 5.49. The summed E-state index contributed by atoms with van der Waals surface area (Å²) in [5.74, 6) is -3.14. The summed E-state index contributed by atoms with van der Waals surface area (Å²) in [6, 6.07) is 7.01. The van der Waals surface area contributed by atoms with Gasteiger partial charge in [-0.3, -0.25) is 9.59 Å². The molecule has 1 aromatic carbocycles. The van der Waals surface area contributed by atoms with Gasteiger partial charge in [-0.2, -0.15) is 0 Å². The first-order chi connectivity index (χ1) is 14.9. The maximum absolute atomic E-state index is 14.0. The minimum atomic E-state index is -0.952. The molecule has 170 valence electrons. The standard InChI is InChI=1S/C22H22F2N4O3.ClH/c23-14-3-1-2-13(19(14)24)12-4-5-16(26-10-12)27-20(29)17-15-6-7-22(31-15)11-28(9-8-25)21(30)18(17)22;/h1-5,10,15,17-18H,6-9,11,25H2,(H,26,27,29);1H/t15-,17-,18+,22-;/m0./s1. The molecule has 10 heteroatoms. The van der Waals surface area contributed by atoms with E-state index in [1.165, 1.54) is 24.4 Å². The second-order valence-corrected chi connectivity index (χ2v) is 8.33. The van der Waals surface area contributed by atoms with Crippen LogP contribution in [-0.2, 0) is 14.3 Å². The van der Waals surface area contributed by atoms with E-state index in [4.69, 9.17) is 10.5 Å². The van der Waals surface area contributed by atoms with E-state index in [1.54, 1.807) is 11.0 Å². The number of anilines is 1. The summed E-state index contributed by atoms with van der Waals surface area (Å²) in [6.07, 6.45) is 2.56. The zero-order valence-electron chi connectivity index (χ0n) is 17.1. The number of aromatic nitrogens is 1. The number of pyridine rings is 1. The first-order valence-corrected chi connectivity index (χ1v) is 10.3. The molecule has 3 fully saturated rings. The average molecular weight is 465 g/mol. The molecule has 4 atom stereocenters. The molecular weight excluding hydrogens is 442 g/mol. The fourth-order valence-electron chi connectivity index (χ4n) is 5.25. The van der Waals surface area contributed by atoms with Gasteiger partial charge in [-0.05, 0) is 31.0 Å². The van der Waals surface area contributed by atoms with Gasteiger partial charge in [0.15, 0.2) is 11.6 Å². The molecule has 1 spiro atoms. The third-order valence-corrected chi connectivity index (χ3v) is 6.58. The third kappa shape index (κ3) is 3.44. The molecule has 1 aromatic heterocycles. The van der Waals surface area contributed by atoms with Crippen molar-refractivity contribution in [3.8, 4) is 11.1 Å². The largest absolute Gasteiger partial charge is 0.368 e. The van der Waals surface area contributed by atoms with Gasteiger partial charge in [0.2, 0.25) is 11.8 Å². The SMILES string of the molecule is Cl.NCCN1C[C@]23CC[C@H](O2)[C@H](C(=O)Nc2ccc(-c4cccc(F)c4F)cn2)[C@@H]3C1=O. The molecule has 3 saturated heterocycles. The van der Waals surface area contributed by atoms with Crippen LogP contribution in [0.25, 0.3) is 11.1 Å². The summed E-state index contributed by atoms with van der Waals surface area (Å²) in [5, 5.41) is 2.76. The normalized spacial score (nSPS) is 27.9. The lowest BCUT2D eigenvalue weighted by atomic mass is 9.73. The molecule has 0 unspecified atom stereocenters. The predicted octanol–water partition coefficient (Wildman–Crippen LogP) is 2.35. The van der Waals surface area contributed by atoms with Gasteiger partial charge in [0.25, 0.3) is 0 Å². The Balaban J connectivity index is 0.00000245. The number of carbonyl (C=O) groups is 2. The van der Waals surface area contributed by atoms with Crippen LogP contribution in [0.1, 0.15) is 12.8 Å². The number of amides is 2. The van der Waals surface area contributed by atoms with Crippen molar-refractivity contribution in [1.82, 2.24) is 9.88 Å². The topological polar surface area (TPSA) is 97.5 Å². The number of carbonyl (C=O) groups excluding carboxylic acids is 2. The minimum absolute atomic E-state index is 0. The predicted molar refractivity (Wildman–Crippen MR) is 115 cm³/mol. The smallest absolute Gasteiger partial charge is 0.232 e. The number of hydrogen-bond acceptors (Lipinski definition) is 5. The number of nitrogens with zero attached hydrogens (tertiary/aromatic N) is 2. The van der Waals surface area contributed by atoms with Crippen LogP contribution >= 0.6 is 12.4 Å². The van der Waals surface area contributed by atoms with Crippen LogP contribution in [0, 0.1) is 23.5 Å². The summed E-state index contributed by atoms with van der Waals surface area (Å²) in [6.45, 7) is 1.27. The van der Waals surface area contributed by atoms with E-state index in [0.29, 0.717) is 25.2 Å². The third-order valence-electron chi connectivity index (χ3n) is 6.58. The van der Waals surface area contributed by atoms with Crippen LogP contribution in [-0.4, -0.2) is 53.0 Å². The highest BCUT2D eigenvalue weighted by Crippen LogP contribution is 2.55. The molecule has 2 aromatic rings. The number of nitrogens with two attached hydrogens (primary N) is 1. The lowest BCUT2D eigenvalue weighted by molar-refractivity contribution is -0.136. The molecule has 32 heavy (non-hydrogen) atoms. The number of benzene rings is 1. The van der Waals surface area contributed by atoms with E-state index >= 15 is 0 Å². The number of hydrogen-bond donors (Lipinski definition) is 2. The lowest BCUT2D eigenvalue weighted by Gasteiger charge is -2.26. The van der Waals surface area contributed by atoms with Crippen molar-refractivity contribution in [3.63, 3.8) is 0 Å². The van der Waals surface area contributed by atoms with Crippen molar-refractivity contribution in [2.24, 2.45) is 17.6 Å². The Hall–Kier alpha value is -2.62. The summed E-state index contributed by atoms with van der Waals surface area (Å²) in [4.78, 5) is 31.9. The Morgan fingerprint density at radius 2 is 2.12 bits per heavy atom. The Bertz CT molecular complexity index is 1050.